The lowest BCUT2D eigenvalue weighted by atomic mass is 10.0. The van der Waals surface area contributed by atoms with E-state index in [-0.39, 0.29) is 31.1 Å². The molecule has 0 aliphatic carbocycles. The normalized spacial score (nSPS) is 12.2. The van der Waals surface area contributed by atoms with Gasteiger partial charge in [-0.25, -0.2) is 0 Å². The Balaban J connectivity index is 4.26. The third-order valence-electron chi connectivity index (χ3n) is 13.1. The van der Waals surface area contributed by atoms with Crippen LogP contribution in [0, 0.1) is 0 Å². The van der Waals surface area contributed by atoms with E-state index in [2.05, 4.69) is 57.2 Å². The van der Waals surface area contributed by atoms with Gasteiger partial charge in [-0.3, -0.25) is 14.4 Å². The number of esters is 3. The highest BCUT2D eigenvalue weighted by Crippen LogP contribution is 2.17. The lowest BCUT2D eigenvalue weighted by Crippen LogP contribution is -2.30. The lowest BCUT2D eigenvalue weighted by molar-refractivity contribution is -0.167. The molecule has 0 spiro atoms. The molecule has 0 aromatic rings. The molecule has 0 aliphatic heterocycles. The fraction of sp³-hybridized carbons (Fsp3) is 0.852. The van der Waals surface area contributed by atoms with Crippen LogP contribution in [-0.2, 0) is 28.6 Å². The van der Waals surface area contributed by atoms with Gasteiger partial charge in [0, 0.05) is 19.3 Å². The van der Waals surface area contributed by atoms with E-state index < -0.39 is 6.10 Å². The monoisotopic (exact) mass is 941 g/mol. The first-order chi connectivity index (χ1) is 33.0. The number of carbonyl (C=O) groups is 3. The van der Waals surface area contributed by atoms with Gasteiger partial charge in [0.25, 0.3) is 0 Å². The van der Waals surface area contributed by atoms with Gasteiger partial charge in [0.05, 0.1) is 0 Å². The Morgan fingerprint density at radius 2 is 0.552 bits per heavy atom. The first-order valence-corrected chi connectivity index (χ1v) is 29.5. The second-order valence-corrected chi connectivity index (χ2v) is 19.9. The van der Waals surface area contributed by atoms with Crippen molar-refractivity contribution in [3.8, 4) is 0 Å². The molecule has 0 rings (SSSR count). The van der Waals surface area contributed by atoms with Crippen LogP contribution in [-0.4, -0.2) is 37.2 Å². The van der Waals surface area contributed by atoms with Gasteiger partial charge >= 0.3 is 17.9 Å². The molecular formula is C61H112O6. The summed E-state index contributed by atoms with van der Waals surface area (Å²) in [5.41, 5.74) is 0. The summed E-state index contributed by atoms with van der Waals surface area (Å²) in [6, 6.07) is 0. The summed E-state index contributed by atoms with van der Waals surface area (Å²) in [5, 5.41) is 0. The molecule has 1 atom stereocenters. The third-order valence-corrected chi connectivity index (χ3v) is 13.1. The van der Waals surface area contributed by atoms with Gasteiger partial charge in [-0.15, -0.1) is 0 Å². The van der Waals surface area contributed by atoms with Crippen molar-refractivity contribution >= 4 is 17.9 Å². The van der Waals surface area contributed by atoms with E-state index in [4.69, 9.17) is 14.2 Å². The van der Waals surface area contributed by atoms with E-state index >= 15 is 0 Å². The molecule has 0 aromatic carbocycles. The zero-order valence-electron chi connectivity index (χ0n) is 44.9. The maximum Gasteiger partial charge on any atom is 0.306 e. The van der Waals surface area contributed by atoms with Crippen LogP contribution >= 0.6 is 0 Å². The number of hydrogen-bond acceptors (Lipinski definition) is 6. The van der Waals surface area contributed by atoms with E-state index in [1.165, 1.54) is 186 Å². The second-order valence-electron chi connectivity index (χ2n) is 19.9. The highest BCUT2D eigenvalue weighted by Gasteiger charge is 2.19. The molecule has 0 N–H and O–H groups in total. The predicted octanol–water partition coefficient (Wildman–Crippen LogP) is 19.7. The zero-order valence-corrected chi connectivity index (χ0v) is 44.9. The number of allylic oxidation sites excluding steroid dienone is 6. The van der Waals surface area contributed by atoms with Crippen molar-refractivity contribution in [3.63, 3.8) is 0 Å². The van der Waals surface area contributed by atoms with Gasteiger partial charge in [-0.1, -0.05) is 263 Å². The predicted molar refractivity (Wildman–Crippen MR) is 289 cm³/mol. The summed E-state index contributed by atoms with van der Waals surface area (Å²) in [6.45, 7) is 6.61. The fourth-order valence-corrected chi connectivity index (χ4v) is 8.63. The van der Waals surface area contributed by atoms with Crippen molar-refractivity contribution < 1.29 is 28.6 Å². The molecule has 1 unspecified atom stereocenters. The van der Waals surface area contributed by atoms with Gasteiger partial charge in [0.15, 0.2) is 6.10 Å². The molecule has 6 nitrogen and oxygen atoms in total. The number of hydrogen-bond donors (Lipinski definition) is 0. The van der Waals surface area contributed by atoms with E-state index in [1.807, 2.05) is 0 Å². The maximum absolute atomic E-state index is 12.8. The summed E-state index contributed by atoms with van der Waals surface area (Å²) in [6.07, 6.45) is 67.2. The molecule has 0 aliphatic rings. The molecule has 0 fully saturated rings. The van der Waals surface area contributed by atoms with Crippen molar-refractivity contribution in [1.82, 2.24) is 0 Å². The standard InChI is InChI=1S/C61H112O6/c1-4-7-10-13-16-19-22-24-26-28-29-30-31-32-33-35-36-39-42-45-48-51-54-60(63)66-57-58(56-65-59(62)53-50-47-44-41-38-21-18-15-12-9-6-3)67-61(64)55-52-49-46-43-40-37-34-27-25-23-20-17-14-11-8-5-2/h15,18,20,23,27,34,58H,4-14,16-17,19,21-22,24-26,28-33,35-57H2,1-3H3/b18-15-,23-20-,34-27-. The molecular weight excluding hydrogens is 829 g/mol. The Labute approximate surface area is 416 Å². The van der Waals surface area contributed by atoms with Crippen molar-refractivity contribution in [2.24, 2.45) is 0 Å². The van der Waals surface area contributed by atoms with Crippen LogP contribution < -0.4 is 0 Å². The molecule has 6 heteroatoms. The lowest BCUT2D eigenvalue weighted by Gasteiger charge is -2.18. The highest BCUT2D eigenvalue weighted by atomic mass is 16.6. The molecule has 0 saturated carbocycles. The van der Waals surface area contributed by atoms with Crippen molar-refractivity contribution in [2.75, 3.05) is 13.2 Å². The molecule has 67 heavy (non-hydrogen) atoms. The van der Waals surface area contributed by atoms with Crippen LogP contribution in [0.2, 0.25) is 0 Å². The average molecular weight is 942 g/mol. The molecule has 0 bridgehead atoms. The summed E-state index contributed by atoms with van der Waals surface area (Å²) >= 11 is 0. The topological polar surface area (TPSA) is 78.9 Å². The third kappa shape index (κ3) is 54.4. The minimum absolute atomic E-state index is 0.0771. The summed E-state index contributed by atoms with van der Waals surface area (Å²) < 4.78 is 16.8. The first-order valence-electron chi connectivity index (χ1n) is 29.5. The number of ether oxygens (including phenoxy) is 3. The number of rotatable bonds is 54. The number of unbranched alkanes of at least 4 members (excludes halogenated alkanes) is 37. The van der Waals surface area contributed by atoms with Crippen molar-refractivity contribution in [2.45, 2.75) is 322 Å². The quantitative estimate of drug-likeness (QED) is 0.0262. The first kappa shape index (κ1) is 64.6. The Bertz CT molecular complexity index is 1130. The minimum Gasteiger partial charge on any atom is -0.462 e. The Morgan fingerprint density at radius 3 is 0.896 bits per heavy atom. The largest absolute Gasteiger partial charge is 0.462 e. The average Bonchev–Trinajstić information content (AvgIpc) is 3.33. The molecule has 0 amide bonds. The van der Waals surface area contributed by atoms with E-state index in [9.17, 15) is 14.4 Å². The molecule has 0 saturated heterocycles. The highest BCUT2D eigenvalue weighted by molar-refractivity contribution is 5.71. The smallest absolute Gasteiger partial charge is 0.306 e. The van der Waals surface area contributed by atoms with E-state index in [0.717, 1.165) is 89.9 Å². The molecule has 392 valence electrons. The maximum atomic E-state index is 12.8. The summed E-state index contributed by atoms with van der Waals surface area (Å²) in [7, 11) is 0. The van der Waals surface area contributed by atoms with Crippen LogP contribution in [0.5, 0.6) is 0 Å². The molecule has 0 radical (unpaired) electrons. The Kier molecular flexibility index (Phi) is 54.2. The van der Waals surface area contributed by atoms with Gasteiger partial charge in [0.2, 0.25) is 0 Å². The van der Waals surface area contributed by atoms with Crippen LogP contribution in [0.25, 0.3) is 0 Å². The zero-order chi connectivity index (χ0) is 48.6. The van der Waals surface area contributed by atoms with Crippen LogP contribution in [0.15, 0.2) is 36.5 Å². The van der Waals surface area contributed by atoms with Crippen molar-refractivity contribution in [3.05, 3.63) is 36.5 Å². The SMILES string of the molecule is CCCC/C=C\CCCCCCCC(=O)OCC(COC(=O)CCCCCCCCCCCCCCCCCCCCCCCC)OC(=O)CCCCCCC/C=C\C/C=C\CCCCCC. The van der Waals surface area contributed by atoms with Gasteiger partial charge in [-0.05, 0) is 70.6 Å². The molecule has 0 heterocycles. The molecule has 0 aromatic heterocycles. The Morgan fingerprint density at radius 1 is 0.299 bits per heavy atom. The summed E-state index contributed by atoms with van der Waals surface area (Å²) in [4.78, 5) is 38.1. The second kappa shape index (κ2) is 56.2. The van der Waals surface area contributed by atoms with E-state index in [0.29, 0.717) is 19.3 Å². The van der Waals surface area contributed by atoms with Crippen LogP contribution in [0.4, 0.5) is 0 Å². The summed E-state index contributed by atoms with van der Waals surface area (Å²) in [5.74, 6) is -0.885. The minimum atomic E-state index is -0.780. The van der Waals surface area contributed by atoms with Gasteiger partial charge in [0.1, 0.15) is 13.2 Å². The van der Waals surface area contributed by atoms with Gasteiger partial charge < -0.3 is 14.2 Å². The van der Waals surface area contributed by atoms with Crippen LogP contribution in [0.1, 0.15) is 316 Å². The number of carbonyl (C=O) groups excluding carboxylic acids is 3. The van der Waals surface area contributed by atoms with E-state index in [1.54, 1.807) is 0 Å². The Hall–Kier alpha value is -2.37. The van der Waals surface area contributed by atoms with Crippen LogP contribution in [0.3, 0.4) is 0 Å². The fourth-order valence-electron chi connectivity index (χ4n) is 8.63. The van der Waals surface area contributed by atoms with Gasteiger partial charge in [-0.2, -0.15) is 0 Å². The van der Waals surface area contributed by atoms with Crippen molar-refractivity contribution in [1.29, 1.82) is 0 Å².